The lowest BCUT2D eigenvalue weighted by Gasteiger charge is -2.02. The van der Waals surface area contributed by atoms with Crippen LogP contribution in [-0.2, 0) is 0 Å². The molecule has 0 radical (unpaired) electrons. The lowest BCUT2D eigenvalue weighted by molar-refractivity contribution is 0.00234. The Morgan fingerprint density at radius 1 is 1.64 bits per heavy atom. The van der Waals surface area contributed by atoms with E-state index >= 15 is 0 Å². The minimum atomic E-state index is -0.334. The molecule has 1 aromatic carbocycles. The van der Waals surface area contributed by atoms with Crippen molar-refractivity contribution in [2.24, 2.45) is 0 Å². The molecular formula is C9H7IN2O2. The molecular weight excluding hydrogens is 295 g/mol. The lowest BCUT2D eigenvalue weighted by Crippen LogP contribution is -2.03. The summed E-state index contributed by atoms with van der Waals surface area (Å²) in [4.78, 5) is 14.0. The predicted molar refractivity (Wildman–Crippen MR) is 59.7 cm³/mol. The molecule has 0 atom stereocenters. The molecule has 72 valence electrons. The number of ether oxygens (including phenoxy) is 1. The van der Waals surface area contributed by atoms with E-state index in [9.17, 15) is 4.79 Å². The van der Waals surface area contributed by atoms with E-state index < -0.39 is 0 Å². The summed E-state index contributed by atoms with van der Waals surface area (Å²) in [5.74, 6) is 0.353. The maximum Gasteiger partial charge on any atom is 0.328 e. The Labute approximate surface area is 94.6 Å². The van der Waals surface area contributed by atoms with Crippen molar-refractivity contribution in [2.45, 2.75) is 0 Å². The van der Waals surface area contributed by atoms with Gasteiger partial charge in [0.05, 0.1) is 7.11 Å². The van der Waals surface area contributed by atoms with Crippen LogP contribution in [0.15, 0.2) is 18.2 Å². The molecule has 0 aliphatic heterocycles. The Morgan fingerprint density at radius 3 is 2.86 bits per heavy atom. The van der Waals surface area contributed by atoms with Crippen molar-refractivity contribution >= 4 is 34.6 Å². The normalized spacial score (nSPS) is 9.00. The van der Waals surface area contributed by atoms with Crippen LogP contribution in [0.5, 0.6) is 5.75 Å². The van der Waals surface area contributed by atoms with E-state index in [1.807, 2.05) is 22.6 Å². The van der Waals surface area contributed by atoms with Crippen molar-refractivity contribution < 1.29 is 14.3 Å². The Balaban J connectivity index is 3.11. The Bertz CT molecular complexity index is 411. The van der Waals surface area contributed by atoms with Gasteiger partial charge in [0, 0.05) is 9.13 Å². The number of hydrogen-bond donors (Lipinski definition) is 0. The van der Waals surface area contributed by atoms with E-state index in [4.69, 9.17) is 10.3 Å². The molecule has 0 saturated carbocycles. The molecule has 0 saturated heterocycles. The second-order valence-corrected chi connectivity index (χ2v) is 3.62. The second kappa shape index (κ2) is 4.88. The number of nitrogens with zero attached hydrogens (tertiary/aromatic N) is 2. The van der Waals surface area contributed by atoms with Gasteiger partial charge in [0.15, 0.2) is 0 Å². The molecule has 1 aromatic rings. The average Bonchev–Trinajstić information content (AvgIpc) is 2.17. The second-order valence-electron chi connectivity index (χ2n) is 2.45. The number of benzene rings is 1. The van der Waals surface area contributed by atoms with E-state index in [1.165, 1.54) is 0 Å². The van der Waals surface area contributed by atoms with Gasteiger partial charge in [0.1, 0.15) is 5.75 Å². The Kier molecular flexibility index (Phi) is 3.79. The van der Waals surface area contributed by atoms with Crippen LogP contribution in [0, 0.1) is 3.57 Å². The zero-order valence-corrected chi connectivity index (χ0v) is 9.56. The number of halogens is 1. The number of methoxy groups -OCH3 is 1. The minimum absolute atomic E-state index is 0.334. The van der Waals surface area contributed by atoms with Gasteiger partial charge in [-0.15, -0.1) is 0 Å². The maximum absolute atomic E-state index is 11.3. The fourth-order valence-corrected chi connectivity index (χ4v) is 1.70. The summed E-state index contributed by atoms with van der Waals surface area (Å²) >= 11 is 2.02. The van der Waals surface area contributed by atoms with E-state index in [1.54, 1.807) is 25.3 Å². The highest BCUT2D eigenvalue weighted by Gasteiger charge is 2.11. The number of hydrogen-bond acceptors (Lipinski definition) is 2. The predicted octanol–water partition coefficient (Wildman–Crippen LogP) is 1.78. The number of ketones is 1. The monoisotopic (exact) mass is 302 g/mol. The van der Waals surface area contributed by atoms with Crippen molar-refractivity contribution in [3.05, 3.63) is 32.9 Å². The Morgan fingerprint density at radius 2 is 2.36 bits per heavy atom. The first-order chi connectivity index (χ1) is 6.69. The minimum Gasteiger partial charge on any atom is -0.497 e. The zero-order valence-electron chi connectivity index (χ0n) is 7.40. The summed E-state index contributed by atoms with van der Waals surface area (Å²) in [7, 11) is 1.56. The van der Waals surface area contributed by atoms with Crippen molar-refractivity contribution in [2.75, 3.05) is 7.11 Å². The fourth-order valence-electron chi connectivity index (χ4n) is 0.945. The van der Waals surface area contributed by atoms with E-state index in [-0.39, 0.29) is 5.78 Å². The van der Waals surface area contributed by atoms with Crippen LogP contribution in [0.4, 0.5) is 0 Å². The van der Waals surface area contributed by atoms with Gasteiger partial charge in [0.25, 0.3) is 5.78 Å². The smallest absolute Gasteiger partial charge is 0.328 e. The van der Waals surface area contributed by atoms with Crippen molar-refractivity contribution in [1.29, 1.82) is 0 Å². The van der Waals surface area contributed by atoms with Crippen LogP contribution in [0.25, 0.3) is 5.53 Å². The molecule has 0 aliphatic carbocycles. The number of carbonyl (C=O) groups excluding carboxylic acids is 1. The molecule has 5 heteroatoms. The molecule has 0 aromatic heterocycles. The molecule has 0 fully saturated rings. The molecule has 14 heavy (non-hydrogen) atoms. The molecule has 0 N–H and O–H groups in total. The molecule has 0 spiro atoms. The van der Waals surface area contributed by atoms with Gasteiger partial charge in [-0.25, -0.2) is 0 Å². The third-order valence-corrected chi connectivity index (χ3v) is 2.51. The number of rotatable bonds is 3. The molecule has 0 amide bonds. The third kappa shape index (κ3) is 2.40. The van der Waals surface area contributed by atoms with Crippen LogP contribution in [0.1, 0.15) is 10.4 Å². The molecule has 0 heterocycles. The Hall–Kier alpha value is -1.20. The van der Waals surface area contributed by atoms with Crippen LogP contribution in [0.2, 0.25) is 0 Å². The van der Waals surface area contributed by atoms with Crippen LogP contribution in [-0.4, -0.2) is 23.9 Å². The first-order valence-electron chi connectivity index (χ1n) is 3.74. The first-order valence-corrected chi connectivity index (χ1v) is 4.82. The summed E-state index contributed by atoms with van der Waals surface area (Å²) in [5, 5.41) is 0. The molecule has 4 nitrogen and oxygen atoms in total. The van der Waals surface area contributed by atoms with Gasteiger partial charge in [-0.3, -0.25) is 4.79 Å². The van der Waals surface area contributed by atoms with Gasteiger partial charge in [-0.05, 0) is 40.8 Å². The molecule has 1 rings (SSSR count). The van der Waals surface area contributed by atoms with Gasteiger partial charge >= 0.3 is 6.21 Å². The average molecular weight is 302 g/mol. The molecule has 0 aliphatic rings. The van der Waals surface area contributed by atoms with E-state index in [0.717, 1.165) is 9.78 Å². The van der Waals surface area contributed by atoms with Crippen LogP contribution < -0.4 is 4.74 Å². The van der Waals surface area contributed by atoms with E-state index in [2.05, 4.69) is 4.79 Å². The highest BCUT2D eigenvalue weighted by molar-refractivity contribution is 14.1. The SMILES string of the molecule is COc1ccc(C(=O)C=[N+]=[N-])c(I)c1. The van der Waals surface area contributed by atoms with Crippen molar-refractivity contribution in [3.8, 4) is 5.75 Å². The number of carbonyl (C=O) groups is 1. The highest BCUT2D eigenvalue weighted by Crippen LogP contribution is 2.19. The largest absolute Gasteiger partial charge is 0.497 e. The van der Waals surface area contributed by atoms with Crippen LogP contribution >= 0.6 is 22.6 Å². The maximum atomic E-state index is 11.3. The summed E-state index contributed by atoms with van der Waals surface area (Å²) in [6.45, 7) is 0. The standard InChI is InChI=1S/C9H7IN2O2/c1-14-6-2-3-7(8(10)4-6)9(13)5-12-11/h2-5H,1H3. The molecule has 0 bridgehead atoms. The number of Topliss-reactive ketones (excluding diaryl/α,β-unsaturated/α-hetero) is 1. The third-order valence-electron chi connectivity index (χ3n) is 1.62. The zero-order chi connectivity index (χ0) is 10.6. The molecule has 0 unspecified atom stereocenters. The van der Waals surface area contributed by atoms with Gasteiger partial charge in [0.2, 0.25) is 0 Å². The topological polar surface area (TPSA) is 62.7 Å². The van der Waals surface area contributed by atoms with Crippen molar-refractivity contribution in [1.82, 2.24) is 0 Å². The summed E-state index contributed by atoms with van der Waals surface area (Å²) < 4.78 is 5.75. The van der Waals surface area contributed by atoms with Crippen LogP contribution in [0.3, 0.4) is 0 Å². The van der Waals surface area contributed by atoms with Gasteiger partial charge in [-0.2, -0.15) is 4.79 Å². The van der Waals surface area contributed by atoms with Gasteiger partial charge < -0.3 is 10.3 Å². The quantitative estimate of drug-likeness (QED) is 0.281. The first kappa shape index (κ1) is 10.9. The highest BCUT2D eigenvalue weighted by atomic mass is 127. The summed E-state index contributed by atoms with van der Waals surface area (Å²) in [6.07, 6.45) is 0.865. The van der Waals surface area contributed by atoms with Crippen molar-refractivity contribution in [3.63, 3.8) is 0 Å². The van der Waals surface area contributed by atoms with E-state index in [0.29, 0.717) is 11.3 Å². The van der Waals surface area contributed by atoms with Gasteiger partial charge in [-0.1, -0.05) is 0 Å². The fraction of sp³-hybridized carbons (Fsp3) is 0.111. The lowest BCUT2D eigenvalue weighted by atomic mass is 10.1. The summed E-state index contributed by atoms with van der Waals surface area (Å²) in [5.41, 5.74) is 8.70. The summed E-state index contributed by atoms with van der Waals surface area (Å²) in [6, 6.07) is 5.05.